The smallest absolute Gasteiger partial charge is 0.311 e. The van der Waals surface area contributed by atoms with Crippen LogP contribution in [-0.4, -0.2) is 30.2 Å². The van der Waals surface area contributed by atoms with Gasteiger partial charge in [-0.2, -0.15) is 0 Å². The van der Waals surface area contributed by atoms with Gasteiger partial charge in [-0.3, -0.25) is 9.59 Å². The van der Waals surface area contributed by atoms with Gasteiger partial charge in [0, 0.05) is 6.54 Å². The van der Waals surface area contributed by atoms with E-state index in [9.17, 15) is 9.59 Å². The van der Waals surface area contributed by atoms with Crippen molar-refractivity contribution in [2.75, 3.05) is 13.2 Å². The number of hydrogen-bond donors (Lipinski definition) is 1. The summed E-state index contributed by atoms with van der Waals surface area (Å²) in [6, 6.07) is 9.67. The molecule has 0 aliphatic carbocycles. The number of ether oxygens (including phenoxy) is 1. The molecule has 1 aromatic heterocycles. The second-order valence-electron chi connectivity index (χ2n) is 5.76. The van der Waals surface area contributed by atoms with Crippen LogP contribution in [0.1, 0.15) is 41.2 Å². The molecule has 0 aliphatic heterocycles. The molecule has 1 aromatic carbocycles. The first-order valence-electron chi connectivity index (χ1n) is 8.50. The van der Waals surface area contributed by atoms with Crippen LogP contribution in [-0.2, 0) is 22.4 Å². The Bertz CT molecular complexity index is 709. The SMILES string of the molecule is CCOC(=O)[C@H](CNC(=O)c1c(CC)noc1C)Cc1ccccc1. The first-order valence-corrected chi connectivity index (χ1v) is 8.50. The molecule has 6 heteroatoms. The Hall–Kier alpha value is -2.63. The summed E-state index contributed by atoms with van der Waals surface area (Å²) in [4.78, 5) is 24.7. The van der Waals surface area contributed by atoms with E-state index in [1.807, 2.05) is 37.3 Å². The van der Waals surface area contributed by atoms with E-state index in [0.29, 0.717) is 36.5 Å². The first-order chi connectivity index (χ1) is 12.1. The Kier molecular flexibility index (Phi) is 6.74. The third-order valence-electron chi connectivity index (χ3n) is 3.95. The van der Waals surface area contributed by atoms with Gasteiger partial charge in [-0.05, 0) is 32.3 Å². The van der Waals surface area contributed by atoms with Gasteiger partial charge in [0.1, 0.15) is 11.3 Å². The molecular weight excluding hydrogens is 320 g/mol. The summed E-state index contributed by atoms with van der Waals surface area (Å²) in [5.41, 5.74) is 2.08. The zero-order valence-corrected chi connectivity index (χ0v) is 14.9. The molecule has 2 rings (SSSR count). The number of rotatable bonds is 8. The zero-order valence-electron chi connectivity index (χ0n) is 14.9. The molecule has 0 saturated carbocycles. The summed E-state index contributed by atoms with van der Waals surface area (Å²) in [5, 5.41) is 6.71. The molecule has 0 unspecified atom stereocenters. The number of aryl methyl sites for hydroxylation is 2. The zero-order chi connectivity index (χ0) is 18.2. The fourth-order valence-corrected chi connectivity index (χ4v) is 2.65. The molecule has 134 valence electrons. The van der Waals surface area contributed by atoms with Gasteiger partial charge in [0.25, 0.3) is 5.91 Å². The lowest BCUT2D eigenvalue weighted by molar-refractivity contribution is -0.147. The molecule has 1 heterocycles. The number of hydrogen-bond acceptors (Lipinski definition) is 5. The van der Waals surface area contributed by atoms with E-state index in [-0.39, 0.29) is 18.4 Å². The molecule has 0 radical (unpaired) electrons. The van der Waals surface area contributed by atoms with Crippen molar-refractivity contribution in [2.45, 2.75) is 33.6 Å². The highest BCUT2D eigenvalue weighted by atomic mass is 16.5. The lowest BCUT2D eigenvalue weighted by Gasteiger charge is -2.16. The van der Waals surface area contributed by atoms with Crippen LogP contribution >= 0.6 is 0 Å². The van der Waals surface area contributed by atoms with E-state index in [1.165, 1.54) is 0 Å². The predicted molar refractivity (Wildman–Crippen MR) is 93.2 cm³/mol. The topological polar surface area (TPSA) is 81.4 Å². The van der Waals surface area contributed by atoms with Crippen molar-refractivity contribution < 1.29 is 18.8 Å². The fourth-order valence-electron chi connectivity index (χ4n) is 2.65. The van der Waals surface area contributed by atoms with Crippen LogP contribution in [0.3, 0.4) is 0 Å². The van der Waals surface area contributed by atoms with Gasteiger partial charge in [-0.25, -0.2) is 0 Å². The number of carbonyl (C=O) groups is 2. The minimum Gasteiger partial charge on any atom is -0.466 e. The minimum atomic E-state index is -0.448. The summed E-state index contributed by atoms with van der Waals surface area (Å²) >= 11 is 0. The second kappa shape index (κ2) is 9.01. The molecule has 6 nitrogen and oxygen atoms in total. The summed E-state index contributed by atoms with van der Waals surface area (Å²) in [6.45, 7) is 5.88. The number of nitrogens with one attached hydrogen (secondary N) is 1. The number of benzene rings is 1. The van der Waals surface area contributed by atoms with Crippen LogP contribution in [0.2, 0.25) is 0 Å². The Labute approximate surface area is 147 Å². The van der Waals surface area contributed by atoms with Crippen LogP contribution in [0.4, 0.5) is 0 Å². The van der Waals surface area contributed by atoms with Gasteiger partial charge in [0.05, 0.1) is 18.2 Å². The van der Waals surface area contributed by atoms with Crippen LogP contribution < -0.4 is 5.32 Å². The molecule has 1 amide bonds. The standard InChI is InChI=1S/C19H24N2O4/c1-4-16-17(13(3)25-21-16)18(22)20-12-15(19(23)24-5-2)11-14-9-7-6-8-10-14/h6-10,15H,4-5,11-12H2,1-3H3,(H,20,22)/t15-/m0/s1. The van der Waals surface area contributed by atoms with Crippen LogP contribution in [0, 0.1) is 12.8 Å². The second-order valence-corrected chi connectivity index (χ2v) is 5.76. The quantitative estimate of drug-likeness (QED) is 0.745. The summed E-state index contributed by atoms with van der Waals surface area (Å²) in [5.74, 6) is -0.566. The van der Waals surface area contributed by atoms with Gasteiger partial charge in [-0.15, -0.1) is 0 Å². The Morgan fingerprint density at radius 3 is 2.60 bits per heavy atom. The lowest BCUT2D eigenvalue weighted by Crippen LogP contribution is -2.35. The van der Waals surface area contributed by atoms with E-state index in [2.05, 4.69) is 10.5 Å². The number of nitrogens with zero attached hydrogens (tertiary/aromatic N) is 1. The number of aromatic nitrogens is 1. The van der Waals surface area contributed by atoms with Crippen molar-refractivity contribution in [2.24, 2.45) is 5.92 Å². The molecular formula is C19H24N2O4. The Balaban J connectivity index is 2.07. The van der Waals surface area contributed by atoms with Crippen molar-refractivity contribution in [3.63, 3.8) is 0 Å². The van der Waals surface area contributed by atoms with Crippen molar-refractivity contribution in [1.29, 1.82) is 0 Å². The van der Waals surface area contributed by atoms with E-state index in [4.69, 9.17) is 9.26 Å². The normalized spacial score (nSPS) is 11.8. The highest BCUT2D eigenvalue weighted by Crippen LogP contribution is 2.15. The fraction of sp³-hybridized carbons (Fsp3) is 0.421. The average Bonchev–Trinajstić information content (AvgIpc) is 3.00. The molecule has 1 atom stereocenters. The minimum absolute atomic E-state index is 0.195. The van der Waals surface area contributed by atoms with Gasteiger partial charge in [0.2, 0.25) is 0 Å². The molecule has 0 saturated heterocycles. The maximum atomic E-state index is 12.5. The van der Waals surface area contributed by atoms with Gasteiger partial charge < -0.3 is 14.6 Å². The summed E-state index contributed by atoms with van der Waals surface area (Å²) in [7, 11) is 0. The van der Waals surface area contributed by atoms with E-state index >= 15 is 0 Å². The molecule has 0 spiro atoms. The maximum absolute atomic E-state index is 12.5. The predicted octanol–water partition coefficient (Wildman–Crippen LogP) is 2.70. The molecule has 1 N–H and O–H groups in total. The molecule has 25 heavy (non-hydrogen) atoms. The molecule has 0 bridgehead atoms. The number of esters is 1. The Morgan fingerprint density at radius 1 is 1.24 bits per heavy atom. The van der Waals surface area contributed by atoms with Crippen LogP contribution in [0.5, 0.6) is 0 Å². The largest absolute Gasteiger partial charge is 0.466 e. The lowest BCUT2D eigenvalue weighted by atomic mass is 9.99. The average molecular weight is 344 g/mol. The van der Waals surface area contributed by atoms with Crippen LogP contribution in [0.25, 0.3) is 0 Å². The van der Waals surface area contributed by atoms with E-state index < -0.39 is 5.92 Å². The highest BCUT2D eigenvalue weighted by Gasteiger charge is 2.24. The van der Waals surface area contributed by atoms with Crippen molar-refractivity contribution in [3.8, 4) is 0 Å². The number of amides is 1. The first kappa shape index (κ1) is 18.7. The number of carbonyl (C=O) groups excluding carboxylic acids is 2. The molecule has 2 aromatic rings. The van der Waals surface area contributed by atoms with Gasteiger partial charge >= 0.3 is 5.97 Å². The maximum Gasteiger partial charge on any atom is 0.311 e. The Morgan fingerprint density at radius 2 is 1.96 bits per heavy atom. The van der Waals surface area contributed by atoms with Gasteiger partial charge in [-0.1, -0.05) is 42.4 Å². The van der Waals surface area contributed by atoms with Crippen LogP contribution in [0.15, 0.2) is 34.9 Å². The monoisotopic (exact) mass is 344 g/mol. The van der Waals surface area contributed by atoms with Crippen molar-refractivity contribution in [3.05, 3.63) is 52.9 Å². The third-order valence-corrected chi connectivity index (χ3v) is 3.95. The van der Waals surface area contributed by atoms with E-state index in [0.717, 1.165) is 5.56 Å². The van der Waals surface area contributed by atoms with Crippen molar-refractivity contribution >= 4 is 11.9 Å². The summed E-state index contributed by atoms with van der Waals surface area (Å²) < 4.78 is 10.2. The van der Waals surface area contributed by atoms with E-state index in [1.54, 1.807) is 13.8 Å². The highest BCUT2D eigenvalue weighted by molar-refractivity contribution is 5.96. The summed E-state index contributed by atoms with van der Waals surface area (Å²) in [6.07, 6.45) is 1.11. The molecule has 0 fully saturated rings. The van der Waals surface area contributed by atoms with Crippen molar-refractivity contribution in [1.82, 2.24) is 10.5 Å². The van der Waals surface area contributed by atoms with Gasteiger partial charge in [0.15, 0.2) is 0 Å². The third kappa shape index (κ3) is 4.92. The molecule has 0 aliphatic rings.